The summed E-state index contributed by atoms with van der Waals surface area (Å²) < 4.78 is 38.2. The van der Waals surface area contributed by atoms with Gasteiger partial charge in [-0.3, -0.25) is 4.79 Å². The highest BCUT2D eigenvalue weighted by molar-refractivity contribution is 5.84. The fraction of sp³-hybridized carbons (Fsp3) is 0.625. The predicted octanol–water partition coefficient (Wildman–Crippen LogP) is 4.32. The van der Waals surface area contributed by atoms with Gasteiger partial charge in [0.1, 0.15) is 11.6 Å². The maximum absolute atomic E-state index is 13.9. The van der Waals surface area contributed by atoms with E-state index in [-0.39, 0.29) is 19.0 Å². The second-order valence-electron chi connectivity index (χ2n) is 9.62. The zero-order chi connectivity index (χ0) is 24.9. The van der Waals surface area contributed by atoms with Gasteiger partial charge in [-0.25, -0.2) is 18.4 Å². The standard InChI is InChI=1S/C24H34F2N2O5/c1-14(2)18(27-23(31)33-24(4,5)6)22(30)32-19(20(25)26)17-12-13-28(21(17)29)15(3)16-10-8-7-9-11-16/h7-11,14-15,17-20H,12-13H2,1-6H3,(H,27,31)/t15-,17?,18+,19?/m1/s1. The average molecular weight is 469 g/mol. The summed E-state index contributed by atoms with van der Waals surface area (Å²) in [4.78, 5) is 39.4. The molecule has 33 heavy (non-hydrogen) atoms. The lowest BCUT2D eigenvalue weighted by Gasteiger charge is -2.29. The zero-order valence-electron chi connectivity index (χ0n) is 20.0. The molecule has 1 aromatic carbocycles. The first-order valence-corrected chi connectivity index (χ1v) is 11.2. The van der Waals surface area contributed by atoms with E-state index in [1.165, 1.54) is 4.90 Å². The lowest BCUT2D eigenvalue weighted by atomic mass is 10.00. The van der Waals surface area contributed by atoms with Crippen molar-refractivity contribution in [3.05, 3.63) is 35.9 Å². The summed E-state index contributed by atoms with van der Waals surface area (Å²) in [6, 6.07) is 7.78. The van der Waals surface area contributed by atoms with Gasteiger partial charge in [-0.2, -0.15) is 0 Å². The molecule has 1 aliphatic heterocycles. The van der Waals surface area contributed by atoms with Crippen molar-refractivity contribution in [3.8, 4) is 0 Å². The van der Waals surface area contributed by atoms with Crippen LogP contribution in [0.15, 0.2) is 30.3 Å². The maximum Gasteiger partial charge on any atom is 0.408 e. The number of carbonyl (C=O) groups is 3. The van der Waals surface area contributed by atoms with Gasteiger partial charge in [0.05, 0.1) is 12.0 Å². The third kappa shape index (κ3) is 7.14. The van der Waals surface area contributed by atoms with Gasteiger partial charge in [-0.15, -0.1) is 0 Å². The largest absolute Gasteiger partial charge is 0.454 e. The Morgan fingerprint density at radius 1 is 1.12 bits per heavy atom. The highest BCUT2D eigenvalue weighted by atomic mass is 19.3. The van der Waals surface area contributed by atoms with Gasteiger partial charge < -0.3 is 19.7 Å². The minimum atomic E-state index is -3.05. The van der Waals surface area contributed by atoms with Crippen molar-refractivity contribution in [1.82, 2.24) is 10.2 Å². The highest BCUT2D eigenvalue weighted by Gasteiger charge is 2.46. The third-order valence-corrected chi connectivity index (χ3v) is 5.52. The van der Waals surface area contributed by atoms with Gasteiger partial charge in [0.25, 0.3) is 6.43 Å². The van der Waals surface area contributed by atoms with Gasteiger partial charge in [0.15, 0.2) is 6.10 Å². The number of rotatable bonds is 8. The lowest BCUT2D eigenvalue weighted by molar-refractivity contribution is -0.168. The Morgan fingerprint density at radius 3 is 2.24 bits per heavy atom. The van der Waals surface area contributed by atoms with Crippen molar-refractivity contribution in [3.63, 3.8) is 0 Å². The van der Waals surface area contributed by atoms with Gasteiger partial charge in [0, 0.05) is 6.54 Å². The molecule has 4 atom stereocenters. The number of hydrogen-bond acceptors (Lipinski definition) is 5. The summed E-state index contributed by atoms with van der Waals surface area (Å²) in [6.07, 6.45) is -5.67. The van der Waals surface area contributed by atoms with E-state index in [9.17, 15) is 23.2 Å². The molecule has 0 aromatic heterocycles. The third-order valence-electron chi connectivity index (χ3n) is 5.52. The lowest BCUT2D eigenvalue weighted by Crippen LogP contribution is -2.49. The first kappa shape index (κ1) is 26.5. The zero-order valence-corrected chi connectivity index (χ0v) is 20.0. The van der Waals surface area contributed by atoms with E-state index < -0.39 is 54.0 Å². The number of nitrogens with one attached hydrogen (secondary N) is 1. The Balaban J connectivity index is 2.11. The second-order valence-corrected chi connectivity index (χ2v) is 9.62. The molecule has 0 bridgehead atoms. The Hall–Kier alpha value is -2.71. The van der Waals surface area contributed by atoms with Gasteiger partial charge in [-0.05, 0) is 45.6 Å². The first-order valence-electron chi connectivity index (χ1n) is 11.2. The van der Waals surface area contributed by atoms with Crippen molar-refractivity contribution in [2.24, 2.45) is 11.8 Å². The summed E-state index contributed by atoms with van der Waals surface area (Å²) in [5, 5.41) is 2.39. The number of hydrogen-bond donors (Lipinski definition) is 1. The molecule has 1 aliphatic rings. The van der Waals surface area contributed by atoms with Gasteiger partial charge in [-0.1, -0.05) is 44.2 Å². The summed E-state index contributed by atoms with van der Waals surface area (Å²) in [6.45, 7) is 10.4. The molecular weight excluding hydrogens is 434 g/mol. The Morgan fingerprint density at radius 2 is 1.73 bits per heavy atom. The fourth-order valence-electron chi connectivity index (χ4n) is 3.77. The van der Waals surface area contributed by atoms with E-state index in [0.29, 0.717) is 0 Å². The van der Waals surface area contributed by atoms with Crippen molar-refractivity contribution in [2.75, 3.05) is 6.54 Å². The quantitative estimate of drug-likeness (QED) is 0.575. The molecule has 184 valence electrons. The first-order chi connectivity index (χ1) is 15.3. The molecule has 0 saturated carbocycles. The van der Waals surface area contributed by atoms with Crippen LogP contribution in [-0.4, -0.2) is 53.6 Å². The number of alkyl carbamates (subject to hydrolysis) is 1. The summed E-state index contributed by atoms with van der Waals surface area (Å²) >= 11 is 0. The molecule has 9 heteroatoms. The molecule has 7 nitrogen and oxygen atoms in total. The second kappa shape index (κ2) is 10.9. The van der Waals surface area contributed by atoms with Gasteiger partial charge >= 0.3 is 12.1 Å². The van der Waals surface area contributed by atoms with Crippen LogP contribution in [-0.2, 0) is 19.1 Å². The Kier molecular flexibility index (Phi) is 8.80. The highest BCUT2D eigenvalue weighted by Crippen LogP contribution is 2.33. The van der Waals surface area contributed by atoms with E-state index in [0.717, 1.165) is 5.56 Å². The number of alkyl halides is 2. The van der Waals surface area contributed by atoms with Crippen LogP contribution in [0.1, 0.15) is 59.6 Å². The molecule has 2 rings (SSSR count). The molecule has 2 amide bonds. The molecule has 1 N–H and O–H groups in total. The number of ether oxygens (including phenoxy) is 2. The number of amides is 2. The number of benzene rings is 1. The maximum atomic E-state index is 13.9. The van der Waals surface area contributed by atoms with Crippen molar-refractivity contribution in [2.45, 2.75) is 78.2 Å². The molecule has 1 fully saturated rings. The van der Waals surface area contributed by atoms with Crippen LogP contribution < -0.4 is 5.32 Å². The van der Waals surface area contributed by atoms with Crippen LogP contribution in [0.25, 0.3) is 0 Å². The Labute approximate surface area is 193 Å². The number of nitrogens with zero attached hydrogens (tertiary/aromatic N) is 1. The molecule has 1 heterocycles. The van der Waals surface area contributed by atoms with E-state index in [2.05, 4.69) is 5.32 Å². The van der Waals surface area contributed by atoms with Crippen LogP contribution in [0, 0.1) is 11.8 Å². The van der Waals surface area contributed by atoms with Crippen LogP contribution >= 0.6 is 0 Å². The fourth-order valence-corrected chi connectivity index (χ4v) is 3.77. The summed E-state index contributed by atoms with van der Waals surface area (Å²) in [7, 11) is 0. The van der Waals surface area contributed by atoms with E-state index in [1.54, 1.807) is 34.6 Å². The molecule has 0 spiro atoms. The molecule has 0 radical (unpaired) electrons. The van der Waals surface area contributed by atoms with Crippen molar-refractivity contribution in [1.29, 1.82) is 0 Å². The average Bonchev–Trinajstić information content (AvgIpc) is 3.09. The van der Waals surface area contributed by atoms with Crippen LogP contribution in [0.4, 0.5) is 13.6 Å². The summed E-state index contributed by atoms with van der Waals surface area (Å²) in [5.74, 6) is -3.11. The SMILES string of the molecule is CC(C)[C@H](NC(=O)OC(C)(C)C)C(=O)OC(C(F)F)C1CCN([C@H](C)c2ccccc2)C1=O. The monoisotopic (exact) mass is 468 g/mol. The minimum Gasteiger partial charge on any atom is -0.454 e. The molecule has 0 aliphatic carbocycles. The Bertz CT molecular complexity index is 826. The summed E-state index contributed by atoms with van der Waals surface area (Å²) in [5.41, 5.74) is 0.0921. The van der Waals surface area contributed by atoms with E-state index in [4.69, 9.17) is 9.47 Å². The van der Waals surface area contributed by atoms with Crippen molar-refractivity contribution >= 4 is 18.0 Å². The molecular formula is C24H34F2N2O5. The van der Waals surface area contributed by atoms with Gasteiger partial charge in [0.2, 0.25) is 5.91 Å². The number of halogens is 2. The topological polar surface area (TPSA) is 84.9 Å². The van der Waals surface area contributed by atoms with Crippen molar-refractivity contribution < 1.29 is 32.6 Å². The predicted molar refractivity (Wildman–Crippen MR) is 119 cm³/mol. The van der Waals surface area contributed by atoms with E-state index >= 15 is 0 Å². The van der Waals surface area contributed by atoms with Crippen LogP contribution in [0.2, 0.25) is 0 Å². The normalized spacial score (nSPS) is 19.4. The smallest absolute Gasteiger partial charge is 0.408 e. The minimum absolute atomic E-state index is 0.143. The number of esters is 1. The molecule has 2 unspecified atom stereocenters. The number of carbonyl (C=O) groups excluding carboxylic acids is 3. The van der Waals surface area contributed by atoms with Crippen LogP contribution in [0.5, 0.6) is 0 Å². The number of likely N-dealkylation sites (tertiary alicyclic amines) is 1. The molecule has 1 aromatic rings. The van der Waals surface area contributed by atoms with Crippen LogP contribution in [0.3, 0.4) is 0 Å². The van der Waals surface area contributed by atoms with E-state index in [1.807, 2.05) is 37.3 Å². The molecule has 1 saturated heterocycles.